The predicted molar refractivity (Wildman–Crippen MR) is 132 cm³/mol. The summed E-state index contributed by atoms with van der Waals surface area (Å²) in [6, 6.07) is 12.8. The lowest BCUT2D eigenvalue weighted by Crippen LogP contribution is -2.41. The third-order valence-corrected chi connectivity index (χ3v) is 6.49. The maximum atomic E-state index is 12.7. The standard InChI is InChI=1S/C26H28Cl2N2O3/c1-3-32-25-14-18(9-11-24(25)33-16-19-8-10-21(27)22(28)13-19)12-20(15-29)26(31)30-23-7-5-4-6-17(23)2/h8-14,17,23H,3-7,16H2,1-2H3,(H,30,31)/b20-12+/t17-,23-/m1/s1. The second kappa shape index (κ2) is 12.0. The molecule has 0 radical (unpaired) electrons. The molecule has 174 valence electrons. The molecule has 1 amide bonds. The first-order valence-corrected chi connectivity index (χ1v) is 11.9. The van der Waals surface area contributed by atoms with Gasteiger partial charge < -0.3 is 14.8 Å². The molecule has 0 spiro atoms. The van der Waals surface area contributed by atoms with Gasteiger partial charge in [0.05, 0.1) is 16.7 Å². The second-order valence-corrected chi connectivity index (χ2v) is 9.00. The fourth-order valence-corrected chi connectivity index (χ4v) is 4.21. The maximum absolute atomic E-state index is 12.7. The molecule has 1 fully saturated rings. The number of ether oxygens (including phenoxy) is 2. The first-order valence-electron chi connectivity index (χ1n) is 11.2. The van der Waals surface area contributed by atoms with Crippen molar-refractivity contribution in [3.63, 3.8) is 0 Å². The Hall–Kier alpha value is -2.68. The van der Waals surface area contributed by atoms with Gasteiger partial charge in [0.25, 0.3) is 5.91 Å². The van der Waals surface area contributed by atoms with Gasteiger partial charge in [-0.3, -0.25) is 4.79 Å². The quantitative estimate of drug-likeness (QED) is 0.338. The molecule has 0 aliphatic heterocycles. The van der Waals surface area contributed by atoms with Crippen molar-refractivity contribution in [2.75, 3.05) is 6.61 Å². The smallest absolute Gasteiger partial charge is 0.262 e. The number of rotatable bonds is 8. The first kappa shape index (κ1) is 25.0. The fraction of sp³-hybridized carbons (Fsp3) is 0.385. The van der Waals surface area contributed by atoms with Crippen LogP contribution in [0.3, 0.4) is 0 Å². The number of nitriles is 1. The third kappa shape index (κ3) is 6.90. The van der Waals surface area contributed by atoms with E-state index in [9.17, 15) is 10.1 Å². The van der Waals surface area contributed by atoms with E-state index in [-0.39, 0.29) is 24.1 Å². The highest BCUT2D eigenvalue weighted by molar-refractivity contribution is 6.42. The molecule has 5 nitrogen and oxygen atoms in total. The molecule has 1 saturated carbocycles. The topological polar surface area (TPSA) is 71.3 Å². The molecule has 0 heterocycles. The maximum Gasteiger partial charge on any atom is 0.262 e. The monoisotopic (exact) mass is 486 g/mol. The van der Waals surface area contributed by atoms with Gasteiger partial charge in [-0.25, -0.2) is 0 Å². The molecule has 33 heavy (non-hydrogen) atoms. The highest BCUT2D eigenvalue weighted by atomic mass is 35.5. The van der Waals surface area contributed by atoms with Crippen molar-refractivity contribution >= 4 is 35.2 Å². The van der Waals surface area contributed by atoms with Crippen LogP contribution in [0, 0.1) is 17.2 Å². The lowest BCUT2D eigenvalue weighted by molar-refractivity contribution is -0.118. The Kier molecular flexibility index (Phi) is 9.05. The van der Waals surface area contributed by atoms with Crippen molar-refractivity contribution in [3.05, 3.63) is 63.1 Å². The van der Waals surface area contributed by atoms with Crippen LogP contribution < -0.4 is 14.8 Å². The average molecular weight is 487 g/mol. The molecule has 3 rings (SSSR count). The van der Waals surface area contributed by atoms with Crippen LogP contribution in [0.15, 0.2) is 42.0 Å². The van der Waals surface area contributed by atoms with E-state index in [0.29, 0.717) is 39.6 Å². The molecule has 2 aromatic rings. The number of nitrogens with zero attached hydrogens (tertiary/aromatic N) is 1. The summed E-state index contributed by atoms with van der Waals surface area (Å²) in [6.07, 6.45) is 5.91. The minimum atomic E-state index is -0.339. The van der Waals surface area contributed by atoms with Crippen LogP contribution in [0.25, 0.3) is 6.08 Å². The zero-order chi connectivity index (χ0) is 23.8. The molecule has 1 aliphatic carbocycles. The number of hydrogen-bond acceptors (Lipinski definition) is 4. The summed E-state index contributed by atoms with van der Waals surface area (Å²) in [5.41, 5.74) is 1.62. The lowest BCUT2D eigenvalue weighted by atomic mass is 9.86. The average Bonchev–Trinajstić information content (AvgIpc) is 2.80. The fourth-order valence-electron chi connectivity index (χ4n) is 3.88. The molecule has 7 heteroatoms. The number of benzene rings is 2. The Bertz CT molecular complexity index is 1060. The Morgan fingerprint density at radius 3 is 2.61 bits per heavy atom. The van der Waals surface area contributed by atoms with Crippen LogP contribution in [0.1, 0.15) is 50.7 Å². The Morgan fingerprint density at radius 2 is 1.91 bits per heavy atom. The number of amides is 1. The molecule has 2 atom stereocenters. The van der Waals surface area contributed by atoms with Crippen LogP contribution in [-0.4, -0.2) is 18.6 Å². The van der Waals surface area contributed by atoms with Gasteiger partial charge in [-0.05, 0) is 67.2 Å². The highest BCUT2D eigenvalue weighted by Gasteiger charge is 2.24. The van der Waals surface area contributed by atoms with Gasteiger partial charge in [0.1, 0.15) is 18.2 Å². The number of hydrogen-bond donors (Lipinski definition) is 1. The summed E-state index contributed by atoms with van der Waals surface area (Å²) in [7, 11) is 0. The lowest BCUT2D eigenvalue weighted by Gasteiger charge is -2.29. The van der Waals surface area contributed by atoms with Crippen LogP contribution in [0.5, 0.6) is 11.5 Å². The van der Waals surface area contributed by atoms with Gasteiger partial charge in [-0.15, -0.1) is 0 Å². The van der Waals surface area contributed by atoms with Crippen LogP contribution in [-0.2, 0) is 11.4 Å². The van der Waals surface area contributed by atoms with Crippen molar-refractivity contribution in [2.24, 2.45) is 5.92 Å². The van der Waals surface area contributed by atoms with Crippen molar-refractivity contribution in [3.8, 4) is 17.6 Å². The summed E-state index contributed by atoms with van der Waals surface area (Å²) in [4.78, 5) is 12.7. The predicted octanol–water partition coefficient (Wildman–Crippen LogP) is 6.57. The summed E-state index contributed by atoms with van der Waals surface area (Å²) in [5, 5.41) is 13.6. The zero-order valence-corrected chi connectivity index (χ0v) is 20.4. The van der Waals surface area contributed by atoms with E-state index in [2.05, 4.69) is 12.2 Å². The minimum Gasteiger partial charge on any atom is -0.490 e. The van der Waals surface area contributed by atoms with E-state index in [1.807, 2.05) is 19.1 Å². The molecule has 0 unspecified atom stereocenters. The molecule has 1 N–H and O–H groups in total. The van der Waals surface area contributed by atoms with Crippen molar-refractivity contribution < 1.29 is 14.3 Å². The molecule has 2 aromatic carbocycles. The summed E-state index contributed by atoms with van der Waals surface area (Å²) < 4.78 is 11.7. The number of carbonyl (C=O) groups excluding carboxylic acids is 1. The second-order valence-electron chi connectivity index (χ2n) is 8.19. The van der Waals surface area contributed by atoms with E-state index < -0.39 is 0 Å². The minimum absolute atomic E-state index is 0.0692. The van der Waals surface area contributed by atoms with Gasteiger partial charge in [-0.1, -0.05) is 55.1 Å². The van der Waals surface area contributed by atoms with Gasteiger partial charge in [-0.2, -0.15) is 5.26 Å². The Balaban J connectivity index is 1.74. The van der Waals surface area contributed by atoms with E-state index in [1.54, 1.807) is 36.4 Å². The van der Waals surface area contributed by atoms with E-state index >= 15 is 0 Å². The van der Waals surface area contributed by atoms with E-state index in [1.165, 1.54) is 6.42 Å². The van der Waals surface area contributed by atoms with Crippen LogP contribution >= 0.6 is 23.2 Å². The highest BCUT2D eigenvalue weighted by Crippen LogP contribution is 2.31. The van der Waals surface area contributed by atoms with Gasteiger partial charge in [0.15, 0.2) is 11.5 Å². The van der Waals surface area contributed by atoms with Crippen molar-refractivity contribution in [1.82, 2.24) is 5.32 Å². The van der Waals surface area contributed by atoms with Crippen molar-refractivity contribution in [1.29, 1.82) is 5.26 Å². The normalized spacial score (nSPS) is 18.3. The molecular formula is C26H28Cl2N2O3. The zero-order valence-electron chi connectivity index (χ0n) is 18.9. The first-order chi connectivity index (χ1) is 15.9. The number of nitrogens with one attached hydrogen (secondary N) is 1. The Morgan fingerprint density at radius 1 is 1.12 bits per heavy atom. The molecule has 1 aliphatic rings. The largest absolute Gasteiger partial charge is 0.490 e. The van der Waals surface area contributed by atoms with Crippen LogP contribution in [0.4, 0.5) is 0 Å². The molecular weight excluding hydrogens is 459 g/mol. The van der Waals surface area contributed by atoms with Gasteiger partial charge in [0.2, 0.25) is 0 Å². The molecule has 0 bridgehead atoms. The molecule has 0 aromatic heterocycles. The number of carbonyl (C=O) groups is 1. The van der Waals surface area contributed by atoms with Crippen molar-refractivity contribution in [2.45, 2.75) is 52.2 Å². The van der Waals surface area contributed by atoms with E-state index in [4.69, 9.17) is 32.7 Å². The summed E-state index contributed by atoms with van der Waals surface area (Å²) >= 11 is 12.0. The number of halogens is 2. The van der Waals surface area contributed by atoms with Crippen LogP contribution in [0.2, 0.25) is 10.0 Å². The van der Waals surface area contributed by atoms with Gasteiger partial charge in [0, 0.05) is 6.04 Å². The summed E-state index contributed by atoms with van der Waals surface area (Å²) in [6.45, 7) is 4.76. The van der Waals surface area contributed by atoms with E-state index in [0.717, 1.165) is 24.8 Å². The van der Waals surface area contributed by atoms with Gasteiger partial charge >= 0.3 is 0 Å². The third-order valence-electron chi connectivity index (χ3n) is 5.75. The Labute approximate surface area is 205 Å². The summed E-state index contributed by atoms with van der Waals surface area (Å²) in [5.74, 6) is 1.16. The molecule has 0 saturated heterocycles. The SMILES string of the molecule is CCOc1cc(/C=C(\C#N)C(=O)N[C@@H]2CCCC[C@H]2C)ccc1OCc1ccc(Cl)c(Cl)c1.